The Labute approximate surface area is 170 Å². The van der Waals surface area contributed by atoms with E-state index in [2.05, 4.69) is 0 Å². The second kappa shape index (κ2) is 7.91. The molecule has 28 heavy (non-hydrogen) atoms. The van der Waals surface area contributed by atoms with Crippen LogP contribution in [0.4, 0.5) is 0 Å². The lowest BCUT2D eigenvalue weighted by atomic mass is 9.78. The Balaban J connectivity index is 2.64. The predicted octanol–water partition coefficient (Wildman–Crippen LogP) is 5.60. The van der Waals surface area contributed by atoms with Gasteiger partial charge in [0.25, 0.3) is 0 Å². The highest BCUT2D eigenvalue weighted by Crippen LogP contribution is 2.40. The molecule has 1 aromatic rings. The molecule has 0 aliphatic heterocycles. The minimum Gasteiger partial charge on any atom is -0.507 e. The maximum absolute atomic E-state index is 13.0. The van der Waals surface area contributed by atoms with E-state index in [1.165, 1.54) is 6.08 Å². The van der Waals surface area contributed by atoms with Crippen LogP contribution in [0.25, 0.3) is 6.08 Å². The molecule has 0 aromatic heterocycles. The molecule has 0 heterocycles. The summed E-state index contributed by atoms with van der Waals surface area (Å²) in [6.07, 6.45) is 5.57. The van der Waals surface area contributed by atoms with Gasteiger partial charge in [0.15, 0.2) is 9.84 Å². The minimum atomic E-state index is -3.64. The third-order valence-electron chi connectivity index (χ3n) is 5.45. The van der Waals surface area contributed by atoms with E-state index in [-0.39, 0.29) is 21.5 Å². The molecule has 1 fully saturated rings. The van der Waals surface area contributed by atoms with Crippen LogP contribution in [0.15, 0.2) is 17.0 Å². The number of allylic oxidation sites excluding steroid dienone is 1. The van der Waals surface area contributed by atoms with Crippen molar-refractivity contribution in [1.29, 1.82) is 5.26 Å². The van der Waals surface area contributed by atoms with Crippen molar-refractivity contribution in [1.82, 2.24) is 0 Å². The molecule has 154 valence electrons. The molecule has 0 bridgehead atoms. The number of rotatable bonds is 3. The van der Waals surface area contributed by atoms with E-state index in [0.29, 0.717) is 18.4 Å². The molecule has 0 unspecified atom stereocenters. The van der Waals surface area contributed by atoms with Gasteiger partial charge in [0.05, 0.1) is 5.25 Å². The summed E-state index contributed by atoms with van der Waals surface area (Å²) < 4.78 is 26.0. The molecule has 1 aliphatic carbocycles. The first kappa shape index (κ1) is 22.5. The van der Waals surface area contributed by atoms with E-state index < -0.39 is 15.1 Å². The number of hydrogen-bond acceptors (Lipinski definition) is 4. The number of phenolic OH excluding ortho intramolecular Hbond substituents is 1. The second-order valence-electron chi connectivity index (χ2n) is 9.89. The lowest BCUT2D eigenvalue weighted by Gasteiger charge is -2.28. The molecule has 5 heteroatoms. The SMILES string of the molecule is CC(C)(C)c1cc(/C=C(\C#N)S(=O)(=O)C2CCCCC2)cc(C(C)(C)C)c1O. The Kier molecular flexibility index (Phi) is 6.35. The Morgan fingerprint density at radius 1 is 1.04 bits per heavy atom. The summed E-state index contributed by atoms with van der Waals surface area (Å²) >= 11 is 0. The number of sulfone groups is 1. The Morgan fingerprint density at radius 3 is 1.89 bits per heavy atom. The van der Waals surface area contributed by atoms with Gasteiger partial charge in [0, 0.05) is 11.1 Å². The summed E-state index contributed by atoms with van der Waals surface area (Å²) in [5, 5.41) is 20.0. The lowest BCUT2D eigenvalue weighted by Crippen LogP contribution is -2.25. The van der Waals surface area contributed by atoms with Gasteiger partial charge in [0.2, 0.25) is 0 Å². The van der Waals surface area contributed by atoms with Crippen molar-refractivity contribution in [3.63, 3.8) is 0 Å². The molecule has 1 N–H and O–H groups in total. The first-order valence-electron chi connectivity index (χ1n) is 10.0. The quantitative estimate of drug-likeness (QED) is 0.666. The molecule has 0 saturated heterocycles. The second-order valence-corrected chi connectivity index (χ2v) is 12.1. The van der Waals surface area contributed by atoms with E-state index in [0.717, 1.165) is 30.4 Å². The zero-order valence-electron chi connectivity index (χ0n) is 18.0. The third-order valence-corrected chi connectivity index (χ3v) is 7.63. The van der Waals surface area contributed by atoms with E-state index in [4.69, 9.17) is 0 Å². The number of benzene rings is 1. The zero-order chi connectivity index (χ0) is 21.3. The molecule has 1 saturated carbocycles. The Morgan fingerprint density at radius 2 is 1.50 bits per heavy atom. The largest absolute Gasteiger partial charge is 0.507 e. The van der Waals surface area contributed by atoms with Crippen LogP contribution in [-0.4, -0.2) is 18.8 Å². The van der Waals surface area contributed by atoms with E-state index in [9.17, 15) is 18.8 Å². The van der Waals surface area contributed by atoms with Crippen molar-refractivity contribution >= 4 is 15.9 Å². The first-order valence-corrected chi connectivity index (χ1v) is 11.6. The van der Waals surface area contributed by atoms with Crippen LogP contribution in [0.1, 0.15) is 90.3 Å². The fourth-order valence-electron chi connectivity index (χ4n) is 3.77. The average molecular weight is 404 g/mol. The van der Waals surface area contributed by atoms with Gasteiger partial charge in [-0.1, -0.05) is 60.8 Å². The average Bonchev–Trinajstić information content (AvgIpc) is 2.59. The zero-order valence-corrected chi connectivity index (χ0v) is 18.8. The van der Waals surface area contributed by atoms with Gasteiger partial charge in [-0.2, -0.15) is 5.26 Å². The highest BCUT2D eigenvalue weighted by Gasteiger charge is 2.32. The fourth-order valence-corrected chi connectivity index (χ4v) is 5.51. The number of phenols is 1. The molecular weight excluding hydrogens is 370 g/mol. The molecule has 0 atom stereocenters. The molecule has 4 nitrogen and oxygen atoms in total. The first-order chi connectivity index (χ1) is 12.8. The molecule has 0 amide bonds. The van der Waals surface area contributed by atoms with Crippen molar-refractivity contribution in [3.8, 4) is 11.8 Å². The molecule has 1 aliphatic rings. The fraction of sp³-hybridized carbons (Fsp3) is 0.609. The summed E-state index contributed by atoms with van der Waals surface area (Å²) in [6, 6.07) is 5.54. The molecule has 1 aromatic carbocycles. The van der Waals surface area contributed by atoms with E-state index in [1.54, 1.807) is 12.1 Å². The van der Waals surface area contributed by atoms with Gasteiger partial charge in [-0.15, -0.1) is 0 Å². The van der Waals surface area contributed by atoms with E-state index in [1.807, 2.05) is 47.6 Å². The van der Waals surface area contributed by atoms with E-state index >= 15 is 0 Å². The summed E-state index contributed by atoms with van der Waals surface area (Å²) in [6.45, 7) is 12.0. The van der Waals surface area contributed by atoms with Crippen LogP contribution >= 0.6 is 0 Å². The summed E-state index contributed by atoms with van der Waals surface area (Å²) in [7, 11) is -3.64. The molecule has 2 rings (SSSR count). The van der Waals surface area contributed by atoms with Gasteiger partial charge in [0.1, 0.15) is 16.7 Å². The smallest absolute Gasteiger partial charge is 0.191 e. The third kappa shape index (κ3) is 4.78. The van der Waals surface area contributed by atoms with Crippen LogP contribution in [0.2, 0.25) is 0 Å². The minimum absolute atomic E-state index is 0.176. The topological polar surface area (TPSA) is 78.2 Å². The molecule has 0 radical (unpaired) electrons. The van der Waals surface area contributed by atoms with Gasteiger partial charge in [-0.25, -0.2) is 8.42 Å². The van der Waals surface area contributed by atoms with Crippen LogP contribution in [-0.2, 0) is 20.7 Å². The monoisotopic (exact) mass is 403 g/mol. The summed E-state index contributed by atoms with van der Waals surface area (Å²) in [5.74, 6) is 0.241. The summed E-state index contributed by atoms with van der Waals surface area (Å²) in [5.41, 5.74) is 1.51. The number of aromatic hydroxyl groups is 1. The van der Waals surface area contributed by atoms with Gasteiger partial charge < -0.3 is 5.11 Å². The van der Waals surface area contributed by atoms with Crippen molar-refractivity contribution in [2.45, 2.75) is 89.7 Å². The van der Waals surface area contributed by atoms with Gasteiger partial charge >= 0.3 is 0 Å². The lowest BCUT2D eigenvalue weighted by molar-refractivity contribution is 0.423. The highest BCUT2D eigenvalue weighted by molar-refractivity contribution is 7.96. The van der Waals surface area contributed by atoms with Crippen molar-refractivity contribution in [3.05, 3.63) is 33.7 Å². The molecular formula is C23H33NO3S. The number of hydrogen-bond donors (Lipinski definition) is 1. The van der Waals surface area contributed by atoms with Crippen LogP contribution in [0, 0.1) is 11.3 Å². The Bertz CT molecular complexity index is 866. The van der Waals surface area contributed by atoms with Gasteiger partial charge in [-0.05, 0) is 47.4 Å². The molecule has 0 spiro atoms. The highest BCUT2D eigenvalue weighted by atomic mass is 32.2. The number of nitrogens with zero attached hydrogens (tertiary/aromatic N) is 1. The van der Waals surface area contributed by atoms with Crippen LogP contribution < -0.4 is 0 Å². The maximum Gasteiger partial charge on any atom is 0.191 e. The van der Waals surface area contributed by atoms with Crippen molar-refractivity contribution in [2.75, 3.05) is 0 Å². The Hall–Kier alpha value is -1.80. The number of nitriles is 1. The van der Waals surface area contributed by atoms with Crippen LogP contribution in [0.3, 0.4) is 0 Å². The van der Waals surface area contributed by atoms with Crippen molar-refractivity contribution < 1.29 is 13.5 Å². The summed E-state index contributed by atoms with van der Waals surface area (Å²) in [4.78, 5) is -0.176. The van der Waals surface area contributed by atoms with Crippen molar-refractivity contribution in [2.24, 2.45) is 0 Å². The van der Waals surface area contributed by atoms with Gasteiger partial charge in [-0.3, -0.25) is 0 Å². The normalized spacial score (nSPS) is 17.4. The maximum atomic E-state index is 13.0. The predicted molar refractivity (Wildman–Crippen MR) is 115 cm³/mol. The standard InChI is InChI=1S/C23H33NO3S/c1-22(2,3)19-13-16(14-20(21(19)25)23(4,5)6)12-18(15-24)28(26,27)17-10-8-7-9-11-17/h12-14,17,25H,7-11H2,1-6H3/b18-12+. The van der Waals surface area contributed by atoms with Crippen LogP contribution in [0.5, 0.6) is 5.75 Å².